The molecular formula is C18H19N3O2. The molecule has 0 aliphatic carbocycles. The van der Waals surface area contributed by atoms with E-state index in [9.17, 15) is 4.79 Å². The van der Waals surface area contributed by atoms with Gasteiger partial charge in [-0.05, 0) is 30.2 Å². The van der Waals surface area contributed by atoms with Gasteiger partial charge in [-0.2, -0.15) is 0 Å². The Morgan fingerprint density at radius 2 is 1.91 bits per heavy atom. The van der Waals surface area contributed by atoms with E-state index in [1.807, 2.05) is 36.4 Å². The molecule has 0 fully saturated rings. The molecule has 0 aliphatic heterocycles. The molecule has 0 atom stereocenters. The Hall–Kier alpha value is -2.82. The molecule has 3 rings (SSSR count). The van der Waals surface area contributed by atoms with Crippen LogP contribution < -0.4 is 5.73 Å². The molecule has 0 unspecified atom stereocenters. The second kappa shape index (κ2) is 6.52. The molecular weight excluding hydrogens is 290 g/mol. The third-order valence-electron chi connectivity index (χ3n) is 3.88. The standard InChI is InChI=1S/C18H19N3O2/c19-14-6-7-16-15(12-14)20-17(8-9-18(22)23)21(16)11-10-13-4-2-1-3-5-13/h1-7,12H,8-11,19H2,(H,22,23). The number of benzene rings is 2. The molecule has 3 aromatic rings. The van der Waals surface area contributed by atoms with Crippen molar-refractivity contribution in [3.63, 3.8) is 0 Å². The number of carbonyl (C=O) groups is 1. The lowest BCUT2D eigenvalue weighted by Gasteiger charge is -2.09. The topological polar surface area (TPSA) is 81.1 Å². The Bertz CT molecular complexity index is 825. The average Bonchev–Trinajstić information content (AvgIpc) is 2.88. The number of nitrogens with zero attached hydrogens (tertiary/aromatic N) is 2. The first kappa shape index (κ1) is 15.1. The molecule has 0 bridgehead atoms. The Labute approximate surface area is 134 Å². The number of nitrogens with two attached hydrogens (primary N) is 1. The summed E-state index contributed by atoms with van der Waals surface area (Å²) in [6.07, 6.45) is 1.36. The molecule has 0 radical (unpaired) electrons. The van der Waals surface area contributed by atoms with Gasteiger partial charge in [-0.3, -0.25) is 4.79 Å². The smallest absolute Gasteiger partial charge is 0.303 e. The molecule has 23 heavy (non-hydrogen) atoms. The molecule has 1 heterocycles. The monoisotopic (exact) mass is 309 g/mol. The summed E-state index contributed by atoms with van der Waals surface area (Å²) in [5, 5.41) is 8.94. The van der Waals surface area contributed by atoms with Crippen molar-refractivity contribution in [1.82, 2.24) is 9.55 Å². The second-order valence-electron chi connectivity index (χ2n) is 5.56. The van der Waals surface area contributed by atoms with Crippen LogP contribution >= 0.6 is 0 Å². The highest BCUT2D eigenvalue weighted by atomic mass is 16.4. The Balaban J connectivity index is 1.91. The van der Waals surface area contributed by atoms with Gasteiger partial charge in [0.15, 0.2) is 0 Å². The van der Waals surface area contributed by atoms with Gasteiger partial charge in [-0.15, -0.1) is 0 Å². The molecule has 0 saturated heterocycles. The molecule has 0 aliphatic rings. The maximum absolute atomic E-state index is 10.9. The van der Waals surface area contributed by atoms with Crippen molar-refractivity contribution in [3.05, 3.63) is 59.9 Å². The van der Waals surface area contributed by atoms with Crippen LogP contribution in [0.5, 0.6) is 0 Å². The van der Waals surface area contributed by atoms with Gasteiger partial charge in [-0.1, -0.05) is 30.3 Å². The molecule has 0 saturated carbocycles. The number of aryl methyl sites for hydroxylation is 3. The number of imidazole rings is 1. The van der Waals surface area contributed by atoms with Gasteiger partial charge in [-0.25, -0.2) is 4.98 Å². The number of hydrogen-bond acceptors (Lipinski definition) is 3. The molecule has 5 nitrogen and oxygen atoms in total. The van der Waals surface area contributed by atoms with Crippen LogP contribution in [0.4, 0.5) is 5.69 Å². The molecule has 1 aromatic heterocycles. The van der Waals surface area contributed by atoms with Gasteiger partial charge in [0.05, 0.1) is 17.5 Å². The van der Waals surface area contributed by atoms with Crippen LogP contribution in [0.3, 0.4) is 0 Å². The van der Waals surface area contributed by atoms with E-state index in [1.165, 1.54) is 5.56 Å². The number of aliphatic carboxylic acids is 1. The van der Waals surface area contributed by atoms with Crippen LogP contribution in [0.15, 0.2) is 48.5 Å². The SMILES string of the molecule is Nc1ccc2c(c1)nc(CCC(=O)O)n2CCc1ccccc1. The van der Waals surface area contributed by atoms with E-state index in [0.717, 1.165) is 29.8 Å². The first-order valence-corrected chi connectivity index (χ1v) is 7.64. The van der Waals surface area contributed by atoms with E-state index in [4.69, 9.17) is 10.8 Å². The molecule has 0 spiro atoms. The minimum atomic E-state index is -0.814. The van der Waals surface area contributed by atoms with Crippen molar-refractivity contribution in [1.29, 1.82) is 0 Å². The molecule has 118 valence electrons. The lowest BCUT2D eigenvalue weighted by atomic mass is 10.1. The van der Waals surface area contributed by atoms with Gasteiger partial charge in [0.25, 0.3) is 0 Å². The molecule has 0 amide bonds. The van der Waals surface area contributed by atoms with Gasteiger partial charge in [0.2, 0.25) is 0 Å². The third kappa shape index (κ3) is 3.51. The first-order valence-electron chi connectivity index (χ1n) is 7.64. The van der Waals surface area contributed by atoms with E-state index in [1.54, 1.807) is 0 Å². The Morgan fingerprint density at radius 3 is 2.65 bits per heavy atom. The largest absolute Gasteiger partial charge is 0.481 e. The highest BCUT2D eigenvalue weighted by Gasteiger charge is 2.12. The van der Waals surface area contributed by atoms with Crippen LogP contribution in [-0.2, 0) is 24.2 Å². The number of fused-ring (bicyclic) bond motifs is 1. The zero-order valence-corrected chi connectivity index (χ0v) is 12.8. The summed E-state index contributed by atoms with van der Waals surface area (Å²) in [7, 11) is 0. The summed E-state index contributed by atoms with van der Waals surface area (Å²) >= 11 is 0. The summed E-state index contributed by atoms with van der Waals surface area (Å²) in [4.78, 5) is 15.5. The highest BCUT2D eigenvalue weighted by molar-refractivity contribution is 5.79. The van der Waals surface area contributed by atoms with Gasteiger partial charge in [0, 0.05) is 18.7 Å². The van der Waals surface area contributed by atoms with Gasteiger partial charge >= 0.3 is 5.97 Å². The maximum atomic E-state index is 10.9. The fourth-order valence-corrected chi connectivity index (χ4v) is 2.74. The number of nitrogen functional groups attached to an aromatic ring is 1. The number of rotatable bonds is 6. The van der Waals surface area contributed by atoms with E-state index in [-0.39, 0.29) is 6.42 Å². The minimum absolute atomic E-state index is 0.0736. The fourth-order valence-electron chi connectivity index (χ4n) is 2.74. The lowest BCUT2D eigenvalue weighted by Crippen LogP contribution is -2.08. The second-order valence-corrected chi connectivity index (χ2v) is 5.56. The first-order chi connectivity index (χ1) is 11.1. The molecule has 3 N–H and O–H groups in total. The normalized spacial score (nSPS) is 11.0. The van der Waals surface area contributed by atoms with Crippen molar-refractivity contribution < 1.29 is 9.90 Å². The number of hydrogen-bond donors (Lipinski definition) is 2. The van der Waals surface area contributed by atoms with E-state index in [2.05, 4.69) is 21.7 Å². The Morgan fingerprint density at radius 1 is 1.13 bits per heavy atom. The number of aromatic nitrogens is 2. The van der Waals surface area contributed by atoms with Crippen molar-refractivity contribution in [2.45, 2.75) is 25.8 Å². The molecule has 5 heteroatoms. The summed E-state index contributed by atoms with van der Waals surface area (Å²) in [5.74, 6) is -0.0184. The van der Waals surface area contributed by atoms with Crippen LogP contribution in [-0.4, -0.2) is 20.6 Å². The fraction of sp³-hybridized carbons (Fsp3) is 0.222. The van der Waals surface area contributed by atoms with Crippen LogP contribution in [0.2, 0.25) is 0 Å². The predicted octanol–water partition coefficient (Wildman–Crippen LogP) is 2.88. The highest BCUT2D eigenvalue weighted by Crippen LogP contribution is 2.20. The van der Waals surface area contributed by atoms with E-state index in [0.29, 0.717) is 12.1 Å². The number of anilines is 1. The van der Waals surface area contributed by atoms with Crippen molar-refractivity contribution in [3.8, 4) is 0 Å². The van der Waals surface area contributed by atoms with Crippen molar-refractivity contribution in [2.75, 3.05) is 5.73 Å². The zero-order valence-electron chi connectivity index (χ0n) is 12.8. The number of carboxylic acids is 1. The summed E-state index contributed by atoms with van der Waals surface area (Å²) in [5.41, 5.74) is 9.55. The summed E-state index contributed by atoms with van der Waals surface area (Å²) < 4.78 is 2.10. The van der Waals surface area contributed by atoms with Gasteiger partial charge < -0.3 is 15.4 Å². The minimum Gasteiger partial charge on any atom is -0.481 e. The average molecular weight is 309 g/mol. The van der Waals surface area contributed by atoms with Crippen molar-refractivity contribution >= 4 is 22.7 Å². The predicted molar refractivity (Wildman–Crippen MR) is 90.2 cm³/mol. The van der Waals surface area contributed by atoms with Crippen molar-refractivity contribution in [2.24, 2.45) is 0 Å². The third-order valence-corrected chi connectivity index (χ3v) is 3.88. The van der Waals surface area contributed by atoms with E-state index < -0.39 is 5.97 Å². The maximum Gasteiger partial charge on any atom is 0.303 e. The van der Waals surface area contributed by atoms with Gasteiger partial charge in [0.1, 0.15) is 5.82 Å². The summed E-state index contributed by atoms with van der Waals surface area (Å²) in [6.45, 7) is 0.763. The molecule has 2 aromatic carbocycles. The summed E-state index contributed by atoms with van der Waals surface area (Å²) in [6, 6.07) is 15.9. The lowest BCUT2D eigenvalue weighted by molar-refractivity contribution is -0.137. The number of carboxylic acid groups (broad SMARTS) is 1. The van der Waals surface area contributed by atoms with Crippen LogP contribution in [0, 0.1) is 0 Å². The van der Waals surface area contributed by atoms with Crippen LogP contribution in [0.25, 0.3) is 11.0 Å². The van der Waals surface area contributed by atoms with Crippen LogP contribution in [0.1, 0.15) is 17.8 Å². The van der Waals surface area contributed by atoms with E-state index >= 15 is 0 Å². The zero-order chi connectivity index (χ0) is 16.2. The quantitative estimate of drug-likeness (QED) is 0.686. The Kier molecular flexibility index (Phi) is 4.28.